The standard InChI is InChI=1S/C48H34Ge2/c1-2-16-32-30-50(48-42-26-12-6-20-36(42)46(37-21-7-13-27-43(37)48)38-22-8-14-28-44(38)48)49(29-31(32)15-1)47-39-23-9-3-17-33(39)45(34-18-4-10-24-40(34)47)35-19-5-11-25-41(35)47/h1-28,45-46H,29-30H2. The van der Waals surface area contributed by atoms with Gasteiger partial charge in [-0.25, -0.2) is 0 Å². The third-order valence-corrected chi connectivity index (χ3v) is 45.0. The van der Waals surface area contributed by atoms with Gasteiger partial charge in [0, 0.05) is 0 Å². The summed E-state index contributed by atoms with van der Waals surface area (Å²) >= 11 is -4.53. The van der Waals surface area contributed by atoms with Gasteiger partial charge in [0.15, 0.2) is 0 Å². The molecule has 7 aliphatic rings. The first kappa shape index (κ1) is 28.3. The molecule has 6 aliphatic carbocycles. The van der Waals surface area contributed by atoms with E-state index in [2.05, 4.69) is 170 Å². The van der Waals surface area contributed by atoms with Gasteiger partial charge in [-0.1, -0.05) is 0 Å². The number of hydrogen-bond donors (Lipinski definition) is 0. The molecule has 0 spiro atoms. The Kier molecular flexibility index (Phi) is 5.73. The first-order valence-electron chi connectivity index (χ1n) is 18.2. The van der Waals surface area contributed by atoms with Crippen LogP contribution in [0.4, 0.5) is 0 Å². The van der Waals surface area contributed by atoms with Crippen LogP contribution in [0, 0.1) is 0 Å². The van der Waals surface area contributed by atoms with Crippen LogP contribution in [0.2, 0.25) is 0 Å². The van der Waals surface area contributed by atoms with Gasteiger partial charge >= 0.3 is 302 Å². The molecule has 234 valence electrons. The van der Waals surface area contributed by atoms with Gasteiger partial charge in [0.25, 0.3) is 0 Å². The Balaban J connectivity index is 1.33. The molecule has 0 amide bonds. The molecule has 0 unspecified atom stereocenters. The van der Waals surface area contributed by atoms with Crippen molar-refractivity contribution in [3.8, 4) is 0 Å². The summed E-state index contributed by atoms with van der Waals surface area (Å²) < 4.78 is -0.132. The summed E-state index contributed by atoms with van der Waals surface area (Å²) in [5.41, 5.74) is 22.5. The van der Waals surface area contributed by atoms with Gasteiger partial charge in [-0.3, -0.25) is 0 Å². The van der Waals surface area contributed by atoms with Crippen molar-refractivity contribution in [2.45, 2.75) is 30.8 Å². The summed E-state index contributed by atoms with van der Waals surface area (Å²) in [6.07, 6.45) is 0. The molecule has 0 saturated heterocycles. The van der Waals surface area contributed by atoms with E-state index in [0.717, 1.165) is 0 Å². The Morgan fingerprint density at radius 2 is 0.520 bits per heavy atom. The monoisotopic (exact) mass is 758 g/mol. The molecular weight excluding hydrogens is 722 g/mol. The predicted molar refractivity (Wildman–Crippen MR) is 206 cm³/mol. The summed E-state index contributed by atoms with van der Waals surface area (Å²) in [5, 5.41) is 2.54. The van der Waals surface area contributed by atoms with Gasteiger partial charge in [-0.2, -0.15) is 0 Å². The second-order valence-corrected chi connectivity index (χ2v) is 36.8. The summed E-state index contributed by atoms with van der Waals surface area (Å²) in [4.78, 5) is 0. The molecule has 0 N–H and O–H groups in total. The zero-order chi connectivity index (χ0) is 32.6. The van der Waals surface area contributed by atoms with Crippen molar-refractivity contribution in [3.63, 3.8) is 0 Å². The van der Waals surface area contributed by atoms with Gasteiger partial charge in [0.05, 0.1) is 0 Å². The van der Waals surface area contributed by atoms with E-state index in [0.29, 0.717) is 11.8 Å². The SMILES string of the molecule is c1ccc2c(c1)[CH2][Ge]([C]13c4ccccc4C(c4ccccc41)c1ccccc13)=[Ge]([C]13c4ccccc4C(c4ccccc41)c1ccccc13)[CH2]2. The van der Waals surface area contributed by atoms with E-state index in [-0.39, 0.29) is 8.49 Å². The van der Waals surface area contributed by atoms with Gasteiger partial charge in [0.1, 0.15) is 0 Å². The second-order valence-electron chi connectivity index (χ2n) is 15.0. The summed E-state index contributed by atoms with van der Waals surface area (Å²) in [6.45, 7) is 0. The van der Waals surface area contributed by atoms with Crippen molar-refractivity contribution < 1.29 is 0 Å². The van der Waals surface area contributed by atoms with E-state index in [1.807, 2.05) is 0 Å². The molecule has 0 radical (unpaired) electrons. The van der Waals surface area contributed by atoms with E-state index < -0.39 is 23.7 Å². The fraction of sp³-hybridized carbons (Fsp3) is 0.125. The number of rotatable bonds is 2. The maximum atomic E-state index is 2.57. The molecule has 1 aliphatic heterocycles. The van der Waals surface area contributed by atoms with Crippen molar-refractivity contribution in [1.29, 1.82) is 0 Å². The third kappa shape index (κ3) is 3.23. The first-order chi connectivity index (χ1) is 24.8. The predicted octanol–water partition coefficient (Wildman–Crippen LogP) is 9.69. The van der Waals surface area contributed by atoms with E-state index in [4.69, 9.17) is 0 Å². The molecule has 0 saturated carbocycles. The zero-order valence-corrected chi connectivity index (χ0v) is 31.9. The molecule has 2 heteroatoms. The summed E-state index contributed by atoms with van der Waals surface area (Å²) in [7, 11) is 0. The second kappa shape index (κ2) is 10.1. The van der Waals surface area contributed by atoms with Gasteiger partial charge < -0.3 is 0 Å². The topological polar surface area (TPSA) is 0 Å². The average molecular weight is 756 g/mol. The zero-order valence-electron chi connectivity index (χ0n) is 27.7. The van der Waals surface area contributed by atoms with Crippen LogP contribution in [0.15, 0.2) is 170 Å². The fourth-order valence-electron chi connectivity index (χ4n) is 11.6. The molecule has 0 aromatic heterocycles. The molecule has 0 atom stereocenters. The van der Waals surface area contributed by atoms with E-state index in [1.165, 1.54) is 10.5 Å². The number of benzene rings is 7. The Labute approximate surface area is 300 Å². The quantitative estimate of drug-likeness (QED) is 0.154. The average Bonchev–Trinajstić information content (AvgIpc) is 3.20. The molecule has 7 aromatic carbocycles. The van der Waals surface area contributed by atoms with Gasteiger partial charge in [-0.05, 0) is 0 Å². The van der Waals surface area contributed by atoms with Crippen LogP contribution in [0.25, 0.3) is 0 Å². The molecule has 0 nitrogen and oxygen atoms in total. The number of fused-ring (bicyclic) bond motifs is 1. The summed E-state index contributed by atoms with van der Waals surface area (Å²) in [5.74, 6) is 0.619. The fourth-order valence-corrected chi connectivity index (χ4v) is 53.0. The maximum absolute atomic E-state index is 2.57. The van der Waals surface area contributed by atoms with Crippen LogP contribution in [-0.4, -0.2) is 23.7 Å². The van der Waals surface area contributed by atoms with E-state index in [1.54, 1.807) is 77.9 Å². The molecular formula is C48H34Ge2. The van der Waals surface area contributed by atoms with E-state index >= 15 is 0 Å². The Morgan fingerprint density at radius 3 is 0.780 bits per heavy atom. The van der Waals surface area contributed by atoms with Crippen LogP contribution < -0.4 is 0 Å². The minimum absolute atomic E-state index is 0.0662. The molecule has 14 rings (SSSR count). The van der Waals surface area contributed by atoms with Crippen molar-refractivity contribution in [2.75, 3.05) is 0 Å². The van der Waals surface area contributed by atoms with Gasteiger partial charge in [-0.15, -0.1) is 0 Å². The molecule has 4 bridgehead atoms. The van der Waals surface area contributed by atoms with Crippen LogP contribution >= 0.6 is 0 Å². The van der Waals surface area contributed by atoms with Crippen molar-refractivity contribution in [2.24, 2.45) is 0 Å². The van der Waals surface area contributed by atoms with Crippen molar-refractivity contribution in [1.82, 2.24) is 0 Å². The van der Waals surface area contributed by atoms with Crippen LogP contribution in [0.1, 0.15) is 89.7 Å². The molecule has 1 heterocycles. The van der Waals surface area contributed by atoms with Crippen LogP contribution in [-0.2, 0) is 19.0 Å². The van der Waals surface area contributed by atoms with E-state index in [9.17, 15) is 0 Å². The van der Waals surface area contributed by atoms with Crippen molar-refractivity contribution in [3.05, 3.63) is 248 Å². The number of hydrogen-bond acceptors (Lipinski definition) is 0. The summed E-state index contributed by atoms with van der Waals surface area (Å²) in [6, 6.07) is 67.9. The molecule has 50 heavy (non-hydrogen) atoms. The Morgan fingerprint density at radius 1 is 0.300 bits per heavy atom. The first-order valence-corrected chi connectivity index (χ1v) is 29.8. The Bertz CT molecular complexity index is 2230. The van der Waals surface area contributed by atoms with Crippen LogP contribution in [0.5, 0.6) is 0 Å². The van der Waals surface area contributed by atoms with Crippen molar-refractivity contribution >= 4 is 23.7 Å². The molecule has 7 aromatic rings. The third-order valence-electron chi connectivity index (χ3n) is 13.2. The normalized spacial score (nSPS) is 23.9. The van der Waals surface area contributed by atoms with Crippen LogP contribution in [0.3, 0.4) is 0 Å². The Hall–Kier alpha value is -4.37. The molecule has 0 fully saturated rings. The minimum atomic E-state index is -2.26. The van der Waals surface area contributed by atoms with Gasteiger partial charge in [0.2, 0.25) is 0 Å².